The van der Waals surface area contributed by atoms with Gasteiger partial charge in [0.15, 0.2) is 0 Å². The zero-order valence-corrected chi connectivity index (χ0v) is 11.3. The molecule has 0 saturated carbocycles. The van der Waals surface area contributed by atoms with Crippen molar-refractivity contribution in [2.75, 3.05) is 13.6 Å². The molecule has 1 atom stereocenters. The highest BCUT2D eigenvalue weighted by Crippen LogP contribution is 2.17. The van der Waals surface area contributed by atoms with E-state index in [0.29, 0.717) is 0 Å². The van der Waals surface area contributed by atoms with Crippen molar-refractivity contribution in [1.29, 1.82) is 0 Å². The maximum atomic E-state index is 4.38. The molecular formula is C12H14IN3. The molecule has 2 rings (SSSR count). The van der Waals surface area contributed by atoms with E-state index in [0.717, 1.165) is 10.1 Å². The summed E-state index contributed by atoms with van der Waals surface area (Å²) < 4.78 is 3.17. The fraction of sp³-hybridized carbons (Fsp3) is 0.250. The third kappa shape index (κ3) is 2.62. The van der Waals surface area contributed by atoms with Gasteiger partial charge in [0.25, 0.3) is 0 Å². The number of benzene rings is 1. The van der Waals surface area contributed by atoms with Crippen LogP contribution in [0.15, 0.2) is 42.7 Å². The monoisotopic (exact) mass is 327 g/mol. The van der Waals surface area contributed by atoms with E-state index >= 15 is 0 Å². The van der Waals surface area contributed by atoms with Crippen molar-refractivity contribution in [3.05, 3.63) is 51.9 Å². The Bertz CT molecular complexity index is 439. The van der Waals surface area contributed by atoms with Gasteiger partial charge in [-0.2, -0.15) is 5.10 Å². The minimum Gasteiger partial charge on any atom is -0.317 e. The van der Waals surface area contributed by atoms with Crippen LogP contribution in [0.1, 0.15) is 11.6 Å². The molecule has 0 aliphatic heterocycles. The summed E-state index contributed by atoms with van der Waals surface area (Å²) in [6, 6.07) is 10.7. The molecule has 4 heteroatoms. The quantitative estimate of drug-likeness (QED) is 0.874. The van der Waals surface area contributed by atoms with E-state index in [2.05, 4.69) is 63.5 Å². The molecule has 0 fully saturated rings. The molecule has 1 heterocycles. The van der Waals surface area contributed by atoms with Crippen LogP contribution in [0.2, 0.25) is 0 Å². The lowest BCUT2D eigenvalue weighted by molar-refractivity contribution is 0.499. The van der Waals surface area contributed by atoms with Crippen LogP contribution in [0.3, 0.4) is 0 Å². The molecule has 16 heavy (non-hydrogen) atoms. The first-order valence-corrected chi connectivity index (χ1v) is 6.28. The molecule has 0 saturated heterocycles. The third-order valence-electron chi connectivity index (χ3n) is 2.47. The molecule has 1 N–H and O–H groups in total. The van der Waals surface area contributed by atoms with Crippen molar-refractivity contribution in [1.82, 2.24) is 15.1 Å². The standard InChI is InChI=1S/C12H14IN3/c1-14-8-12(10-5-3-2-4-6-10)16-9-11(13)7-15-16/h2-7,9,12,14H,8H2,1H3. The molecule has 0 bridgehead atoms. The number of rotatable bonds is 4. The van der Waals surface area contributed by atoms with Crippen LogP contribution in [0, 0.1) is 3.57 Å². The molecule has 0 aliphatic carbocycles. The Hall–Kier alpha value is -0.880. The normalized spacial score (nSPS) is 12.6. The van der Waals surface area contributed by atoms with Gasteiger partial charge in [0.05, 0.1) is 15.8 Å². The summed E-state index contributed by atoms with van der Waals surface area (Å²) >= 11 is 2.28. The van der Waals surface area contributed by atoms with Crippen molar-refractivity contribution in [3.63, 3.8) is 0 Å². The minimum atomic E-state index is 0.259. The Morgan fingerprint density at radius 2 is 2.12 bits per heavy atom. The summed E-state index contributed by atoms with van der Waals surface area (Å²) in [5, 5.41) is 7.59. The topological polar surface area (TPSA) is 29.9 Å². The minimum absolute atomic E-state index is 0.259. The third-order valence-corrected chi connectivity index (χ3v) is 3.03. The van der Waals surface area contributed by atoms with Crippen LogP contribution in [-0.4, -0.2) is 23.4 Å². The fourth-order valence-electron chi connectivity index (χ4n) is 1.72. The van der Waals surface area contributed by atoms with Crippen LogP contribution < -0.4 is 5.32 Å². The highest BCUT2D eigenvalue weighted by atomic mass is 127. The van der Waals surface area contributed by atoms with Gasteiger partial charge in [-0.1, -0.05) is 30.3 Å². The van der Waals surface area contributed by atoms with Crippen molar-refractivity contribution < 1.29 is 0 Å². The number of nitrogens with zero attached hydrogens (tertiary/aromatic N) is 2. The van der Waals surface area contributed by atoms with E-state index < -0.39 is 0 Å². The van der Waals surface area contributed by atoms with Crippen LogP contribution in [0.25, 0.3) is 0 Å². The zero-order chi connectivity index (χ0) is 11.4. The summed E-state index contributed by atoms with van der Waals surface area (Å²) in [7, 11) is 1.96. The molecule has 84 valence electrons. The first-order chi connectivity index (χ1) is 7.81. The van der Waals surface area contributed by atoms with Gasteiger partial charge in [-0.25, -0.2) is 0 Å². The number of nitrogens with one attached hydrogen (secondary N) is 1. The Morgan fingerprint density at radius 1 is 1.38 bits per heavy atom. The molecular weight excluding hydrogens is 313 g/mol. The van der Waals surface area contributed by atoms with E-state index in [1.807, 2.05) is 24.0 Å². The van der Waals surface area contributed by atoms with E-state index in [4.69, 9.17) is 0 Å². The van der Waals surface area contributed by atoms with E-state index in [9.17, 15) is 0 Å². The highest BCUT2D eigenvalue weighted by Gasteiger charge is 2.13. The molecule has 1 aromatic heterocycles. The second-order valence-electron chi connectivity index (χ2n) is 3.62. The fourth-order valence-corrected chi connectivity index (χ4v) is 2.13. The first kappa shape index (κ1) is 11.6. The molecule has 0 amide bonds. The first-order valence-electron chi connectivity index (χ1n) is 5.20. The molecule has 0 radical (unpaired) electrons. The van der Waals surface area contributed by atoms with Crippen molar-refractivity contribution in [3.8, 4) is 0 Å². The summed E-state index contributed by atoms with van der Waals surface area (Å²) in [5.41, 5.74) is 1.27. The second kappa shape index (κ2) is 5.45. The van der Waals surface area contributed by atoms with Gasteiger partial charge in [0.2, 0.25) is 0 Å². The molecule has 3 nitrogen and oxygen atoms in total. The lowest BCUT2D eigenvalue weighted by atomic mass is 10.1. The number of halogens is 1. The lowest BCUT2D eigenvalue weighted by Crippen LogP contribution is -2.23. The summed E-state index contributed by atoms with van der Waals surface area (Å²) in [5.74, 6) is 0. The Morgan fingerprint density at radius 3 is 2.69 bits per heavy atom. The SMILES string of the molecule is CNCC(c1ccccc1)n1cc(I)cn1. The van der Waals surface area contributed by atoms with Gasteiger partial charge in [0.1, 0.15) is 0 Å². The van der Waals surface area contributed by atoms with E-state index in [1.165, 1.54) is 5.56 Å². The average Bonchev–Trinajstić information content (AvgIpc) is 2.74. The van der Waals surface area contributed by atoms with Gasteiger partial charge in [-0.15, -0.1) is 0 Å². The predicted molar refractivity (Wildman–Crippen MR) is 73.5 cm³/mol. The summed E-state index contributed by atoms with van der Waals surface area (Å²) in [4.78, 5) is 0. The van der Waals surface area contributed by atoms with Crippen molar-refractivity contribution in [2.24, 2.45) is 0 Å². The van der Waals surface area contributed by atoms with Crippen LogP contribution >= 0.6 is 22.6 Å². The Labute approximate surface area is 109 Å². The molecule has 2 aromatic rings. The van der Waals surface area contributed by atoms with Gasteiger partial charge >= 0.3 is 0 Å². The average molecular weight is 327 g/mol. The summed E-state index contributed by atoms with van der Waals surface area (Å²) in [6.45, 7) is 0.877. The number of likely N-dealkylation sites (N-methyl/N-ethyl adjacent to an activating group) is 1. The molecule has 1 unspecified atom stereocenters. The smallest absolute Gasteiger partial charge is 0.0893 e. The van der Waals surface area contributed by atoms with Gasteiger partial charge in [-0.3, -0.25) is 4.68 Å². The molecule has 0 spiro atoms. The summed E-state index contributed by atoms with van der Waals surface area (Å²) in [6.07, 6.45) is 3.95. The van der Waals surface area contributed by atoms with Crippen molar-refractivity contribution >= 4 is 22.6 Å². The van der Waals surface area contributed by atoms with Crippen LogP contribution in [0.5, 0.6) is 0 Å². The number of aromatic nitrogens is 2. The van der Waals surface area contributed by atoms with Gasteiger partial charge in [0, 0.05) is 12.7 Å². The second-order valence-corrected chi connectivity index (χ2v) is 4.87. The van der Waals surface area contributed by atoms with Gasteiger partial charge < -0.3 is 5.32 Å². The predicted octanol–water partition coefficient (Wildman–Crippen LogP) is 2.30. The highest BCUT2D eigenvalue weighted by molar-refractivity contribution is 14.1. The van der Waals surface area contributed by atoms with Crippen LogP contribution in [0.4, 0.5) is 0 Å². The molecule has 1 aromatic carbocycles. The molecule has 0 aliphatic rings. The largest absolute Gasteiger partial charge is 0.317 e. The maximum Gasteiger partial charge on any atom is 0.0893 e. The van der Waals surface area contributed by atoms with Crippen LogP contribution in [-0.2, 0) is 0 Å². The van der Waals surface area contributed by atoms with Gasteiger partial charge in [-0.05, 0) is 35.2 Å². The maximum absolute atomic E-state index is 4.38. The lowest BCUT2D eigenvalue weighted by Gasteiger charge is -2.17. The number of hydrogen-bond acceptors (Lipinski definition) is 2. The van der Waals surface area contributed by atoms with E-state index in [1.54, 1.807) is 0 Å². The Balaban J connectivity index is 2.31. The van der Waals surface area contributed by atoms with Crippen molar-refractivity contribution in [2.45, 2.75) is 6.04 Å². The Kier molecular flexibility index (Phi) is 3.95. The number of hydrogen-bond donors (Lipinski definition) is 1. The van der Waals surface area contributed by atoms with E-state index in [-0.39, 0.29) is 6.04 Å². The zero-order valence-electron chi connectivity index (χ0n) is 9.10.